The molecule has 0 unspecified atom stereocenters. The van der Waals surface area contributed by atoms with E-state index in [4.69, 9.17) is 16.0 Å². The molecule has 0 saturated carbocycles. The Morgan fingerprint density at radius 2 is 1.85 bits per heavy atom. The summed E-state index contributed by atoms with van der Waals surface area (Å²) in [6.45, 7) is 1.91. The molecule has 0 aliphatic rings. The van der Waals surface area contributed by atoms with Crippen LogP contribution in [-0.4, -0.2) is 18.0 Å². The summed E-state index contributed by atoms with van der Waals surface area (Å²) in [4.78, 5) is 10.2. The molecule has 0 fully saturated rings. The lowest BCUT2D eigenvalue weighted by Crippen LogP contribution is -2.21. The average molecular weight is 451 g/mol. The summed E-state index contributed by atoms with van der Waals surface area (Å²) in [5, 5.41) is 17.5. The highest BCUT2D eigenvalue weighted by molar-refractivity contribution is 9.10. The van der Waals surface area contributed by atoms with Gasteiger partial charge in [-0.2, -0.15) is 0 Å². The summed E-state index contributed by atoms with van der Waals surface area (Å²) in [6, 6.07) is 16.2. The van der Waals surface area contributed by atoms with E-state index in [-0.39, 0.29) is 5.69 Å². The number of anilines is 1. The van der Waals surface area contributed by atoms with E-state index in [1.54, 1.807) is 6.07 Å². The second-order valence-corrected chi connectivity index (χ2v) is 7.12. The summed E-state index contributed by atoms with van der Waals surface area (Å²) in [6.07, 6.45) is 0. The van der Waals surface area contributed by atoms with E-state index in [0.717, 1.165) is 21.6 Å². The number of nitrogens with one attached hydrogen (secondary N) is 2. The number of furan rings is 1. The maximum absolute atomic E-state index is 10.7. The van der Waals surface area contributed by atoms with Crippen LogP contribution < -0.4 is 10.6 Å². The number of benzene rings is 2. The van der Waals surface area contributed by atoms with Crippen LogP contribution in [0.1, 0.15) is 5.76 Å². The third kappa shape index (κ3) is 5.32. The molecule has 2 N–H and O–H groups in total. The molecule has 0 bridgehead atoms. The summed E-state index contributed by atoms with van der Waals surface area (Å²) in [5.41, 5.74) is 1.67. The van der Waals surface area contributed by atoms with Gasteiger partial charge in [-0.05, 0) is 30.3 Å². The lowest BCUT2D eigenvalue weighted by molar-refractivity contribution is -0.384. The van der Waals surface area contributed by atoms with Gasteiger partial charge in [0.25, 0.3) is 5.69 Å². The van der Waals surface area contributed by atoms with E-state index in [1.807, 2.05) is 36.4 Å². The fourth-order valence-corrected chi connectivity index (χ4v) is 3.01. The Balaban J connectivity index is 1.44. The van der Waals surface area contributed by atoms with Crippen LogP contribution in [0.25, 0.3) is 11.3 Å². The molecule has 0 aliphatic heterocycles. The fourth-order valence-electron chi connectivity index (χ4n) is 2.50. The van der Waals surface area contributed by atoms with Gasteiger partial charge in [0, 0.05) is 35.3 Å². The first kappa shape index (κ1) is 19.4. The Bertz CT molecular complexity index is 928. The number of non-ortho nitro benzene ring substituents is 1. The van der Waals surface area contributed by atoms with Gasteiger partial charge in [0.1, 0.15) is 11.5 Å². The van der Waals surface area contributed by atoms with E-state index in [9.17, 15) is 10.1 Å². The summed E-state index contributed by atoms with van der Waals surface area (Å²) in [5.74, 6) is 1.68. The van der Waals surface area contributed by atoms with E-state index in [2.05, 4.69) is 26.6 Å². The monoisotopic (exact) mass is 449 g/mol. The molecule has 6 nitrogen and oxygen atoms in total. The van der Waals surface area contributed by atoms with Crippen LogP contribution in [0.4, 0.5) is 11.4 Å². The van der Waals surface area contributed by atoms with Crippen molar-refractivity contribution in [2.75, 3.05) is 18.4 Å². The van der Waals surface area contributed by atoms with Crippen molar-refractivity contribution in [1.29, 1.82) is 0 Å². The number of hydrogen-bond donors (Lipinski definition) is 2. The van der Waals surface area contributed by atoms with Gasteiger partial charge in [-0.1, -0.05) is 39.7 Å². The minimum Gasteiger partial charge on any atom is -0.460 e. The number of nitro benzene ring substituents is 1. The van der Waals surface area contributed by atoms with Crippen LogP contribution in [-0.2, 0) is 6.54 Å². The number of halogens is 2. The standard InChI is InChI=1S/C19H17BrClN3O3/c20-14-3-1-13(2-4-14)19-8-6-16(27-19)12-22-9-10-23-18-7-5-15(24(25)26)11-17(18)21/h1-8,11,22-23H,9-10,12H2. The normalized spacial score (nSPS) is 10.7. The molecule has 3 aromatic rings. The Hall–Kier alpha value is -2.35. The first-order valence-corrected chi connectivity index (χ1v) is 9.43. The van der Waals surface area contributed by atoms with Gasteiger partial charge in [-0.15, -0.1) is 0 Å². The van der Waals surface area contributed by atoms with Crippen LogP contribution in [0, 0.1) is 10.1 Å². The van der Waals surface area contributed by atoms with E-state index >= 15 is 0 Å². The molecule has 3 rings (SSSR count). The van der Waals surface area contributed by atoms with Crippen molar-refractivity contribution in [2.45, 2.75) is 6.54 Å². The van der Waals surface area contributed by atoms with Crippen molar-refractivity contribution < 1.29 is 9.34 Å². The van der Waals surface area contributed by atoms with Crippen molar-refractivity contribution in [3.05, 3.63) is 80.0 Å². The van der Waals surface area contributed by atoms with Gasteiger partial charge in [-0.25, -0.2) is 0 Å². The van der Waals surface area contributed by atoms with E-state index < -0.39 is 4.92 Å². The van der Waals surface area contributed by atoms with Crippen molar-refractivity contribution in [3.8, 4) is 11.3 Å². The lowest BCUT2D eigenvalue weighted by atomic mass is 10.2. The van der Waals surface area contributed by atoms with Crippen LogP contribution in [0.15, 0.2) is 63.5 Å². The molecule has 0 radical (unpaired) electrons. The van der Waals surface area contributed by atoms with Gasteiger partial charge in [0.2, 0.25) is 0 Å². The highest BCUT2D eigenvalue weighted by Gasteiger charge is 2.09. The minimum atomic E-state index is -0.469. The van der Waals surface area contributed by atoms with Crippen molar-refractivity contribution >= 4 is 38.9 Å². The van der Waals surface area contributed by atoms with Crippen molar-refractivity contribution in [1.82, 2.24) is 5.32 Å². The highest BCUT2D eigenvalue weighted by atomic mass is 79.9. The minimum absolute atomic E-state index is 0.0249. The molecule has 1 heterocycles. The fraction of sp³-hybridized carbons (Fsp3) is 0.158. The molecule has 140 valence electrons. The van der Waals surface area contributed by atoms with Crippen LogP contribution >= 0.6 is 27.5 Å². The molecule has 2 aromatic carbocycles. The zero-order chi connectivity index (χ0) is 19.2. The van der Waals surface area contributed by atoms with Gasteiger partial charge in [0.05, 0.1) is 22.2 Å². The quantitative estimate of drug-likeness (QED) is 0.270. The van der Waals surface area contributed by atoms with Crippen molar-refractivity contribution in [2.24, 2.45) is 0 Å². The Kier molecular flexibility index (Phi) is 6.49. The predicted molar refractivity (Wildman–Crippen MR) is 110 cm³/mol. The topological polar surface area (TPSA) is 80.3 Å². The van der Waals surface area contributed by atoms with Gasteiger partial charge < -0.3 is 15.1 Å². The van der Waals surface area contributed by atoms with Gasteiger partial charge >= 0.3 is 0 Å². The largest absolute Gasteiger partial charge is 0.460 e. The number of nitro groups is 1. The predicted octanol–water partition coefficient (Wildman–Crippen LogP) is 5.47. The first-order chi connectivity index (χ1) is 13.0. The first-order valence-electron chi connectivity index (χ1n) is 8.26. The molecule has 1 aromatic heterocycles. The summed E-state index contributed by atoms with van der Waals surface area (Å²) in [7, 11) is 0. The molecule has 27 heavy (non-hydrogen) atoms. The van der Waals surface area contributed by atoms with Crippen LogP contribution in [0.5, 0.6) is 0 Å². The summed E-state index contributed by atoms with van der Waals surface area (Å²) < 4.78 is 6.87. The van der Waals surface area contributed by atoms with Gasteiger partial charge in [-0.3, -0.25) is 10.1 Å². The average Bonchev–Trinajstić information content (AvgIpc) is 3.12. The molecule has 0 spiro atoms. The molecule has 0 amide bonds. The summed E-state index contributed by atoms with van der Waals surface area (Å²) >= 11 is 9.47. The zero-order valence-electron chi connectivity index (χ0n) is 14.2. The second-order valence-electron chi connectivity index (χ2n) is 5.80. The highest BCUT2D eigenvalue weighted by Crippen LogP contribution is 2.26. The lowest BCUT2D eigenvalue weighted by Gasteiger charge is -2.08. The number of hydrogen-bond acceptors (Lipinski definition) is 5. The van der Waals surface area contributed by atoms with Gasteiger partial charge in [0.15, 0.2) is 0 Å². The molecule has 0 atom stereocenters. The van der Waals surface area contributed by atoms with Crippen LogP contribution in [0.2, 0.25) is 5.02 Å². The molecule has 0 aliphatic carbocycles. The maximum Gasteiger partial charge on any atom is 0.271 e. The van der Waals surface area contributed by atoms with Crippen molar-refractivity contribution in [3.63, 3.8) is 0 Å². The number of rotatable bonds is 8. The van der Waals surface area contributed by atoms with E-state index in [1.165, 1.54) is 12.1 Å². The molecule has 8 heteroatoms. The third-order valence-electron chi connectivity index (χ3n) is 3.87. The third-order valence-corrected chi connectivity index (χ3v) is 4.71. The molecule has 0 saturated heterocycles. The Morgan fingerprint density at radius 1 is 1.07 bits per heavy atom. The second kappa shape index (κ2) is 9.03. The Morgan fingerprint density at radius 3 is 2.56 bits per heavy atom. The van der Waals surface area contributed by atoms with Crippen LogP contribution in [0.3, 0.4) is 0 Å². The zero-order valence-corrected chi connectivity index (χ0v) is 16.6. The van der Waals surface area contributed by atoms with E-state index in [0.29, 0.717) is 30.3 Å². The maximum atomic E-state index is 10.7. The number of nitrogens with zero attached hydrogens (tertiary/aromatic N) is 1. The molecular formula is C19H17BrClN3O3. The molecular weight excluding hydrogens is 434 g/mol. The SMILES string of the molecule is O=[N+]([O-])c1ccc(NCCNCc2ccc(-c3ccc(Br)cc3)o2)c(Cl)c1. The smallest absolute Gasteiger partial charge is 0.271 e. The Labute approximate surface area is 169 Å².